The van der Waals surface area contributed by atoms with E-state index in [4.69, 9.17) is 4.74 Å². The van der Waals surface area contributed by atoms with E-state index in [9.17, 15) is 9.59 Å². The van der Waals surface area contributed by atoms with Gasteiger partial charge in [0.15, 0.2) is 5.78 Å². The van der Waals surface area contributed by atoms with Crippen molar-refractivity contribution in [3.05, 3.63) is 29.8 Å². The maximum Gasteiger partial charge on any atom is 0.251 e. The summed E-state index contributed by atoms with van der Waals surface area (Å²) in [5.41, 5.74) is 0.569. The monoisotopic (exact) mass is 317 g/mol. The van der Waals surface area contributed by atoms with E-state index in [2.05, 4.69) is 12.2 Å². The molecule has 1 aromatic rings. The summed E-state index contributed by atoms with van der Waals surface area (Å²) in [6.07, 6.45) is 8.26. The lowest BCUT2D eigenvalue weighted by Crippen LogP contribution is -2.37. The zero-order valence-corrected chi connectivity index (χ0v) is 14.0. The summed E-state index contributed by atoms with van der Waals surface area (Å²) in [4.78, 5) is 23.7. The third-order valence-electron chi connectivity index (χ3n) is 4.24. The minimum Gasteiger partial charge on any atom is -0.494 e. The molecule has 1 aliphatic rings. The molecule has 2 rings (SSSR count). The van der Waals surface area contributed by atoms with E-state index in [1.54, 1.807) is 12.1 Å². The predicted molar refractivity (Wildman–Crippen MR) is 90.8 cm³/mol. The Kier molecular flexibility index (Phi) is 7.11. The first kappa shape index (κ1) is 17.5. The van der Waals surface area contributed by atoms with E-state index >= 15 is 0 Å². The van der Waals surface area contributed by atoms with Gasteiger partial charge in [-0.15, -0.1) is 0 Å². The van der Waals surface area contributed by atoms with E-state index in [0.29, 0.717) is 18.6 Å². The van der Waals surface area contributed by atoms with Gasteiger partial charge in [0.1, 0.15) is 5.75 Å². The first-order valence-electron chi connectivity index (χ1n) is 8.77. The first-order valence-corrected chi connectivity index (χ1v) is 8.77. The van der Waals surface area contributed by atoms with Crippen molar-refractivity contribution in [1.29, 1.82) is 0 Å². The molecule has 1 aliphatic carbocycles. The highest BCUT2D eigenvalue weighted by Crippen LogP contribution is 2.16. The van der Waals surface area contributed by atoms with Crippen LogP contribution in [-0.2, 0) is 4.79 Å². The lowest BCUT2D eigenvalue weighted by molar-refractivity contribution is -0.118. The molecule has 1 fully saturated rings. The van der Waals surface area contributed by atoms with Crippen LogP contribution in [0.1, 0.15) is 68.6 Å². The van der Waals surface area contributed by atoms with Crippen LogP contribution < -0.4 is 10.1 Å². The Balaban J connectivity index is 1.73. The van der Waals surface area contributed by atoms with Gasteiger partial charge in [-0.1, -0.05) is 32.6 Å². The molecule has 0 radical (unpaired) electrons. The number of unbranched alkanes of at least 4 members (excludes halogenated alkanes) is 4. The number of ether oxygens (including phenoxy) is 1. The lowest BCUT2D eigenvalue weighted by Gasteiger charge is -2.11. The van der Waals surface area contributed by atoms with Gasteiger partial charge in [-0.3, -0.25) is 9.59 Å². The van der Waals surface area contributed by atoms with Gasteiger partial charge in [0.05, 0.1) is 12.6 Å². The molecule has 1 saturated carbocycles. The van der Waals surface area contributed by atoms with E-state index in [0.717, 1.165) is 25.0 Å². The predicted octanol–water partition coefficient (Wildman–Crippen LogP) is 3.89. The number of amides is 1. The van der Waals surface area contributed by atoms with Crippen molar-refractivity contribution in [1.82, 2.24) is 5.32 Å². The van der Waals surface area contributed by atoms with E-state index in [1.165, 1.54) is 25.7 Å². The molecule has 0 bridgehead atoms. The van der Waals surface area contributed by atoms with Crippen LogP contribution in [0.3, 0.4) is 0 Å². The summed E-state index contributed by atoms with van der Waals surface area (Å²) < 4.78 is 5.69. The van der Waals surface area contributed by atoms with E-state index in [-0.39, 0.29) is 17.7 Å². The van der Waals surface area contributed by atoms with Crippen molar-refractivity contribution < 1.29 is 14.3 Å². The fourth-order valence-electron chi connectivity index (χ4n) is 2.81. The summed E-state index contributed by atoms with van der Waals surface area (Å²) >= 11 is 0. The van der Waals surface area contributed by atoms with Gasteiger partial charge in [-0.25, -0.2) is 0 Å². The van der Waals surface area contributed by atoms with Gasteiger partial charge in [0.25, 0.3) is 5.91 Å². The summed E-state index contributed by atoms with van der Waals surface area (Å²) in [5, 5.41) is 2.81. The molecule has 4 heteroatoms. The molecule has 0 aliphatic heterocycles. The molecule has 1 atom stereocenters. The molecule has 0 saturated heterocycles. The SMILES string of the molecule is CCCCCCCOc1ccc(C(=O)NC2CCCC2=O)cc1. The molecule has 23 heavy (non-hydrogen) atoms. The largest absolute Gasteiger partial charge is 0.494 e. The molecular formula is C19H27NO3. The van der Waals surface area contributed by atoms with Crippen LogP contribution >= 0.6 is 0 Å². The highest BCUT2D eigenvalue weighted by Gasteiger charge is 2.25. The standard InChI is InChI=1S/C19H27NO3/c1-2-3-4-5-6-14-23-16-12-10-15(11-13-16)19(22)20-17-8-7-9-18(17)21/h10-13,17H,2-9,14H2,1H3,(H,20,22). The van der Waals surface area contributed by atoms with Gasteiger partial charge < -0.3 is 10.1 Å². The van der Waals surface area contributed by atoms with Crippen LogP contribution in [0.15, 0.2) is 24.3 Å². The zero-order valence-electron chi connectivity index (χ0n) is 14.0. The topological polar surface area (TPSA) is 55.4 Å². The molecule has 1 aromatic carbocycles. The van der Waals surface area contributed by atoms with Crippen LogP contribution in [0.5, 0.6) is 5.75 Å². The third kappa shape index (κ3) is 5.70. The summed E-state index contributed by atoms with van der Waals surface area (Å²) in [7, 11) is 0. The summed E-state index contributed by atoms with van der Waals surface area (Å²) in [5.74, 6) is 0.742. The smallest absolute Gasteiger partial charge is 0.251 e. The fourth-order valence-corrected chi connectivity index (χ4v) is 2.81. The number of carbonyl (C=O) groups is 2. The maximum atomic E-state index is 12.1. The number of benzene rings is 1. The Morgan fingerprint density at radius 2 is 1.91 bits per heavy atom. The fraction of sp³-hybridized carbons (Fsp3) is 0.579. The molecule has 1 unspecified atom stereocenters. The lowest BCUT2D eigenvalue weighted by atomic mass is 10.1. The number of carbonyl (C=O) groups excluding carboxylic acids is 2. The Morgan fingerprint density at radius 1 is 1.17 bits per heavy atom. The van der Waals surface area contributed by atoms with Crippen molar-refractivity contribution in [2.75, 3.05) is 6.61 Å². The average Bonchev–Trinajstić information content (AvgIpc) is 2.96. The molecular weight excluding hydrogens is 290 g/mol. The molecule has 126 valence electrons. The van der Waals surface area contributed by atoms with Crippen LogP contribution in [-0.4, -0.2) is 24.3 Å². The second-order valence-electron chi connectivity index (χ2n) is 6.17. The highest BCUT2D eigenvalue weighted by atomic mass is 16.5. The van der Waals surface area contributed by atoms with Crippen LogP contribution in [0.4, 0.5) is 0 Å². The second kappa shape index (κ2) is 9.33. The molecule has 4 nitrogen and oxygen atoms in total. The van der Waals surface area contributed by atoms with Gasteiger partial charge in [-0.05, 0) is 43.5 Å². The molecule has 1 amide bonds. The van der Waals surface area contributed by atoms with Crippen LogP contribution in [0.2, 0.25) is 0 Å². The van der Waals surface area contributed by atoms with Crippen LogP contribution in [0.25, 0.3) is 0 Å². The van der Waals surface area contributed by atoms with Gasteiger partial charge in [0.2, 0.25) is 0 Å². The van der Waals surface area contributed by atoms with Crippen molar-refractivity contribution in [3.8, 4) is 5.75 Å². The Hall–Kier alpha value is -1.84. The average molecular weight is 317 g/mol. The number of ketones is 1. The van der Waals surface area contributed by atoms with Crippen molar-refractivity contribution in [2.45, 2.75) is 64.3 Å². The van der Waals surface area contributed by atoms with Gasteiger partial charge >= 0.3 is 0 Å². The minimum atomic E-state index is -0.304. The zero-order chi connectivity index (χ0) is 16.5. The van der Waals surface area contributed by atoms with Crippen molar-refractivity contribution in [3.63, 3.8) is 0 Å². The molecule has 0 heterocycles. The van der Waals surface area contributed by atoms with Crippen LogP contribution in [0, 0.1) is 0 Å². The maximum absolute atomic E-state index is 12.1. The van der Waals surface area contributed by atoms with Gasteiger partial charge in [-0.2, -0.15) is 0 Å². The third-order valence-corrected chi connectivity index (χ3v) is 4.24. The Morgan fingerprint density at radius 3 is 2.57 bits per heavy atom. The number of hydrogen-bond acceptors (Lipinski definition) is 3. The molecule has 0 spiro atoms. The number of Topliss-reactive ketones (excluding diaryl/α,β-unsaturated/α-hetero) is 1. The summed E-state index contributed by atoms with van der Waals surface area (Å²) in [6, 6.07) is 6.83. The Bertz CT molecular complexity index is 510. The summed E-state index contributed by atoms with van der Waals surface area (Å²) in [6.45, 7) is 2.92. The normalized spacial score (nSPS) is 17.3. The van der Waals surface area contributed by atoms with E-state index < -0.39 is 0 Å². The minimum absolute atomic E-state index is 0.140. The molecule has 1 N–H and O–H groups in total. The van der Waals surface area contributed by atoms with Gasteiger partial charge in [0, 0.05) is 12.0 Å². The molecule has 0 aromatic heterocycles. The first-order chi connectivity index (χ1) is 11.2. The number of nitrogens with one attached hydrogen (secondary N) is 1. The highest BCUT2D eigenvalue weighted by molar-refractivity contribution is 5.98. The van der Waals surface area contributed by atoms with Crippen molar-refractivity contribution >= 4 is 11.7 Å². The number of hydrogen-bond donors (Lipinski definition) is 1. The quantitative estimate of drug-likeness (QED) is 0.703. The van der Waals surface area contributed by atoms with Crippen molar-refractivity contribution in [2.24, 2.45) is 0 Å². The van der Waals surface area contributed by atoms with E-state index in [1.807, 2.05) is 12.1 Å². The Labute approximate surface area is 138 Å². The second-order valence-corrected chi connectivity index (χ2v) is 6.17. The number of rotatable bonds is 9.